The quantitative estimate of drug-likeness (QED) is 0.166. The molecule has 4 nitrogen and oxygen atoms in total. The number of hydrogen-bond donors (Lipinski definition) is 0. The Kier molecular flexibility index (Phi) is 8.12. The van der Waals surface area contributed by atoms with Crippen LogP contribution in [-0.4, -0.2) is 19.4 Å². The van der Waals surface area contributed by atoms with E-state index in [4.69, 9.17) is 15.0 Å². The highest BCUT2D eigenvalue weighted by Gasteiger charge is 2.17. The van der Waals surface area contributed by atoms with E-state index in [1.165, 1.54) is 5.56 Å². The van der Waals surface area contributed by atoms with Crippen LogP contribution in [0, 0.1) is 0 Å². The van der Waals surface area contributed by atoms with Crippen molar-refractivity contribution in [2.24, 2.45) is 0 Å². The van der Waals surface area contributed by atoms with Gasteiger partial charge in [0.2, 0.25) is 0 Å². The van der Waals surface area contributed by atoms with E-state index in [0.717, 1.165) is 89.5 Å². The van der Waals surface area contributed by atoms with Crippen molar-refractivity contribution in [3.05, 3.63) is 206 Å². The van der Waals surface area contributed by atoms with Crippen LogP contribution >= 0.6 is 0 Å². The van der Waals surface area contributed by atoms with E-state index in [0.29, 0.717) is 0 Å². The van der Waals surface area contributed by atoms with E-state index in [2.05, 4.69) is 168 Å². The number of rotatable bonds is 7. The van der Waals surface area contributed by atoms with Gasteiger partial charge >= 0.3 is 0 Å². The van der Waals surface area contributed by atoms with Gasteiger partial charge in [-0.1, -0.05) is 152 Å². The molecule has 0 amide bonds. The first-order valence-electron chi connectivity index (χ1n) is 18.5. The Morgan fingerprint density at radius 3 is 1.35 bits per heavy atom. The summed E-state index contributed by atoms with van der Waals surface area (Å²) in [5.74, 6) is 0. The summed E-state index contributed by atoms with van der Waals surface area (Å²) in [4.78, 5) is 15.4. The summed E-state index contributed by atoms with van der Waals surface area (Å²) in [6.45, 7) is 0. The summed E-state index contributed by atoms with van der Waals surface area (Å²) < 4.78 is 2.18. The first-order valence-corrected chi connectivity index (χ1v) is 18.5. The number of benzene rings is 7. The molecule has 7 aromatic carbocycles. The van der Waals surface area contributed by atoms with E-state index in [1.807, 2.05) is 42.5 Å². The predicted molar refractivity (Wildman–Crippen MR) is 226 cm³/mol. The van der Waals surface area contributed by atoms with Crippen LogP contribution in [0.4, 0.5) is 0 Å². The average Bonchev–Trinajstić information content (AvgIpc) is 3.67. The molecule has 258 valence electrons. The van der Waals surface area contributed by atoms with Gasteiger partial charge in [-0.25, -0.2) is 15.0 Å². The van der Waals surface area contributed by atoms with E-state index < -0.39 is 0 Å². The molecule has 0 radical (unpaired) electrons. The van der Waals surface area contributed by atoms with Gasteiger partial charge in [-0.15, -0.1) is 0 Å². The van der Waals surface area contributed by atoms with Crippen LogP contribution in [0.25, 0.3) is 95.1 Å². The Hall–Kier alpha value is -7.43. The Morgan fingerprint density at radius 2 is 0.709 bits per heavy atom. The number of aromatic nitrogens is 4. The maximum absolute atomic E-state index is 5.19. The second kappa shape index (κ2) is 13.8. The number of nitrogens with zero attached hydrogens (tertiary/aromatic N) is 4. The lowest BCUT2D eigenvalue weighted by Gasteiger charge is -2.14. The fourth-order valence-electron chi connectivity index (χ4n) is 7.49. The number of pyridine rings is 1. The van der Waals surface area contributed by atoms with E-state index in [1.54, 1.807) is 0 Å². The van der Waals surface area contributed by atoms with Gasteiger partial charge in [0, 0.05) is 28.5 Å². The summed E-state index contributed by atoms with van der Waals surface area (Å²) in [6.07, 6.45) is 2.09. The van der Waals surface area contributed by atoms with E-state index in [9.17, 15) is 0 Å². The molecule has 0 aliphatic carbocycles. The molecular weight excluding hydrogens is 669 g/mol. The minimum absolute atomic E-state index is 0.865. The van der Waals surface area contributed by atoms with Crippen LogP contribution < -0.4 is 0 Å². The van der Waals surface area contributed by atoms with Crippen molar-refractivity contribution >= 4 is 16.7 Å². The average molecular weight is 703 g/mol. The van der Waals surface area contributed by atoms with Crippen LogP contribution in [0.2, 0.25) is 0 Å². The molecule has 0 unspecified atom stereocenters. The molecule has 3 heterocycles. The second-order valence-corrected chi connectivity index (χ2v) is 13.7. The molecule has 0 fully saturated rings. The van der Waals surface area contributed by atoms with Crippen molar-refractivity contribution in [2.45, 2.75) is 0 Å². The van der Waals surface area contributed by atoms with Crippen LogP contribution in [0.1, 0.15) is 0 Å². The molecule has 0 atom stereocenters. The molecule has 0 saturated heterocycles. The second-order valence-electron chi connectivity index (χ2n) is 13.7. The van der Waals surface area contributed by atoms with Crippen LogP contribution in [0.3, 0.4) is 0 Å². The Bertz CT molecular complexity index is 2950. The monoisotopic (exact) mass is 702 g/mol. The highest BCUT2D eigenvalue weighted by atomic mass is 15.0. The SMILES string of the molecule is c1ccc(-c2cc(-c3ccc(-c4c(-c5ccccc5)nc5ccccn45)cc3)cc(-c3cccc(-c4nc5ccccc5nc4-c4ccccc4)c3)c2)cc1. The highest BCUT2D eigenvalue weighted by molar-refractivity contribution is 5.89. The van der Waals surface area contributed by atoms with Gasteiger partial charge in [-0.3, -0.25) is 4.40 Å². The van der Waals surface area contributed by atoms with Gasteiger partial charge in [-0.2, -0.15) is 0 Å². The fourth-order valence-corrected chi connectivity index (χ4v) is 7.49. The lowest BCUT2D eigenvalue weighted by atomic mass is 9.91. The molecule has 10 rings (SSSR count). The van der Waals surface area contributed by atoms with E-state index in [-0.39, 0.29) is 0 Å². The zero-order chi connectivity index (χ0) is 36.6. The van der Waals surface area contributed by atoms with Crippen molar-refractivity contribution in [1.29, 1.82) is 0 Å². The minimum atomic E-state index is 0.865. The molecule has 0 N–H and O–H groups in total. The Morgan fingerprint density at radius 1 is 0.273 bits per heavy atom. The summed E-state index contributed by atoms with van der Waals surface area (Å²) in [7, 11) is 0. The molecular formula is C51H34N4. The van der Waals surface area contributed by atoms with Gasteiger partial charge < -0.3 is 0 Å². The largest absolute Gasteiger partial charge is 0.299 e. The number of hydrogen-bond acceptors (Lipinski definition) is 3. The van der Waals surface area contributed by atoms with Crippen LogP contribution in [-0.2, 0) is 0 Å². The van der Waals surface area contributed by atoms with Crippen molar-refractivity contribution < 1.29 is 0 Å². The molecule has 4 heteroatoms. The first kappa shape index (κ1) is 32.2. The van der Waals surface area contributed by atoms with Crippen molar-refractivity contribution in [2.75, 3.05) is 0 Å². The summed E-state index contributed by atoms with van der Waals surface area (Å²) in [5.41, 5.74) is 17.6. The minimum Gasteiger partial charge on any atom is -0.299 e. The number of imidazole rings is 1. The van der Waals surface area contributed by atoms with Gasteiger partial charge in [0.1, 0.15) is 5.65 Å². The standard InChI is InChI=1S/C51H34N4/c1-4-15-35(16-5-1)42-32-43(36-26-28-39(29-27-36)51-50(38-19-8-3-9-20-38)54-47-25-12-13-30-55(47)51)34-44(33-42)40-21-14-22-41(31-40)49-48(37-17-6-2-7-18-37)52-45-23-10-11-24-46(45)53-49/h1-34H. The molecule has 3 aromatic heterocycles. The smallest absolute Gasteiger partial charge is 0.137 e. The van der Waals surface area contributed by atoms with Crippen LogP contribution in [0.5, 0.6) is 0 Å². The molecule has 55 heavy (non-hydrogen) atoms. The van der Waals surface area contributed by atoms with Gasteiger partial charge in [0.25, 0.3) is 0 Å². The van der Waals surface area contributed by atoms with Gasteiger partial charge in [-0.05, 0) is 81.9 Å². The lowest BCUT2D eigenvalue weighted by Crippen LogP contribution is -1.95. The molecule has 0 bridgehead atoms. The number of para-hydroxylation sites is 2. The maximum Gasteiger partial charge on any atom is 0.137 e. The van der Waals surface area contributed by atoms with Crippen molar-refractivity contribution in [3.8, 4) is 78.4 Å². The topological polar surface area (TPSA) is 43.1 Å². The summed E-state index contributed by atoms with van der Waals surface area (Å²) >= 11 is 0. The Balaban J connectivity index is 1.09. The fraction of sp³-hybridized carbons (Fsp3) is 0. The number of fused-ring (bicyclic) bond motifs is 2. The van der Waals surface area contributed by atoms with E-state index >= 15 is 0 Å². The lowest BCUT2D eigenvalue weighted by molar-refractivity contribution is 1.19. The molecule has 0 aliphatic heterocycles. The van der Waals surface area contributed by atoms with Crippen molar-refractivity contribution in [1.82, 2.24) is 19.4 Å². The van der Waals surface area contributed by atoms with Gasteiger partial charge in [0.15, 0.2) is 0 Å². The summed E-state index contributed by atoms with van der Waals surface area (Å²) in [6, 6.07) is 70.1. The zero-order valence-electron chi connectivity index (χ0n) is 29.9. The molecule has 10 aromatic rings. The predicted octanol–water partition coefficient (Wildman–Crippen LogP) is 12.9. The third kappa shape index (κ3) is 6.16. The zero-order valence-corrected chi connectivity index (χ0v) is 29.9. The van der Waals surface area contributed by atoms with Crippen LogP contribution in [0.15, 0.2) is 206 Å². The first-order chi connectivity index (χ1) is 27.2. The normalized spacial score (nSPS) is 11.3. The summed E-state index contributed by atoms with van der Waals surface area (Å²) in [5, 5.41) is 0. The van der Waals surface area contributed by atoms with Crippen molar-refractivity contribution in [3.63, 3.8) is 0 Å². The third-order valence-electron chi connectivity index (χ3n) is 10.2. The highest BCUT2D eigenvalue weighted by Crippen LogP contribution is 2.38. The third-order valence-corrected chi connectivity index (χ3v) is 10.2. The maximum atomic E-state index is 5.19. The molecule has 0 saturated carbocycles. The molecule has 0 aliphatic rings. The molecule has 0 spiro atoms. The van der Waals surface area contributed by atoms with Gasteiger partial charge in [0.05, 0.1) is 33.8 Å². The Labute approximate surface area is 319 Å².